The number of nitrogens with zero attached hydrogens (tertiary/aromatic N) is 1. The van der Waals surface area contributed by atoms with Crippen LogP contribution in [0.2, 0.25) is 0 Å². The third kappa shape index (κ3) is 2.01. The van der Waals surface area contributed by atoms with E-state index in [1.165, 1.54) is 25.9 Å². The average molecular weight is 169 g/mol. The Hall–Kier alpha value is -0.0400. The molecule has 0 saturated carbocycles. The summed E-state index contributed by atoms with van der Waals surface area (Å²) < 4.78 is 0. The van der Waals surface area contributed by atoms with Gasteiger partial charge >= 0.3 is 0 Å². The Kier molecular flexibility index (Phi) is 3.57. The van der Waals surface area contributed by atoms with Crippen LogP contribution in [0.1, 0.15) is 40.5 Å². The van der Waals surface area contributed by atoms with Crippen LogP contribution in [0.15, 0.2) is 0 Å². The van der Waals surface area contributed by atoms with Gasteiger partial charge in [0, 0.05) is 12.6 Å². The Morgan fingerprint density at radius 1 is 1.25 bits per heavy atom. The zero-order chi connectivity index (χ0) is 9.14. The van der Waals surface area contributed by atoms with Crippen molar-refractivity contribution in [3.8, 4) is 0 Å². The van der Waals surface area contributed by atoms with Crippen LogP contribution >= 0.6 is 0 Å². The molecule has 1 saturated heterocycles. The molecule has 0 bridgehead atoms. The first kappa shape index (κ1) is 10.0. The summed E-state index contributed by atoms with van der Waals surface area (Å²) in [5, 5.41) is 0. The molecule has 0 amide bonds. The Balaban J connectivity index is 2.49. The number of likely N-dealkylation sites (tertiary alicyclic amines) is 1. The van der Waals surface area contributed by atoms with Gasteiger partial charge in [0.25, 0.3) is 0 Å². The predicted molar refractivity (Wildman–Crippen MR) is 54.3 cm³/mol. The molecule has 1 rings (SSSR count). The van der Waals surface area contributed by atoms with Gasteiger partial charge in [0.15, 0.2) is 0 Å². The van der Waals surface area contributed by atoms with Crippen molar-refractivity contribution in [1.82, 2.24) is 4.90 Å². The average Bonchev–Trinajstić information content (AvgIpc) is 2.08. The molecule has 72 valence electrons. The topological polar surface area (TPSA) is 3.24 Å². The lowest BCUT2D eigenvalue weighted by Gasteiger charge is -2.41. The van der Waals surface area contributed by atoms with E-state index >= 15 is 0 Å². The van der Waals surface area contributed by atoms with E-state index in [0.29, 0.717) is 0 Å². The van der Waals surface area contributed by atoms with Crippen LogP contribution in [0.4, 0.5) is 0 Å². The van der Waals surface area contributed by atoms with Gasteiger partial charge in [0.2, 0.25) is 0 Å². The summed E-state index contributed by atoms with van der Waals surface area (Å²) >= 11 is 0. The van der Waals surface area contributed by atoms with Crippen LogP contribution in [0.3, 0.4) is 0 Å². The van der Waals surface area contributed by atoms with E-state index in [0.717, 1.165) is 17.9 Å². The lowest BCUT2D eigenvalue weighted by molar-refractivity contribution is 0.0817. The highest BCUT2D eigenvalue weighted by molar-refractivity contribution is 4.81. The Morgan fingerprint density at radius 2 is 1.92 bits per heavy atom. The summed E-state index contributed by atoms with van der Waals surface area (Å²) in [6.45, 7) is 11.9. The van der Waals surface area contributed by atoms with Gasteiger partial charge in [-0.25, -0.2) is 0 Å². The fourth-order valence-corrected chi connectivity index (χ4v) is 2.53. The van der Waals surface area contributed by atoms with Gasteiger partial charge in [-0.2, -0.15) is 0 Å². The molecule has 0 spiro atoms. The summed E-state index contributed by atoms with van der Waals surface area (Å²) in [4.78, 5) is 2.61. The predicted octanol–water partition coefficient (Wildman–Crippen LogP) is 2.76. The molecule has 0 aromatic carbocycles. The normalized spacial score (nSPS) is 38.5. The largest absolute Gasteiger partial charge is 0.301 e. The monoisotopic (exact) mass is 169 g/mol. The second kappa shape index (κ2) is 4.27. The van der Waals surface area contributed by atoms with Crippen LogP contribution < -0.4 is 0 Å². The van der Waals surface area contributed by atoms with Crippen molar-refractivity contribution in [1.29, 1.82) is 0 Å². The van der Waals surface area contributed by atoms with Gasteiger partial charge in [0.1, 0.15) is 0 Å². The van der Waals surface area contributed by atoms with Crippen LogP contribution in [-0.2, 0) is 0 Å². The highest BCUT2D eigenvalue weighted by Gasteiger charge is 2.28. The van der Waals surface area contributed by atoms with Crippen LogP contribution in [0, 0.1) is 11.8 Å². The molecule has 3 atom stereocenters. The standard InChI is InChI=1S/C11H23N/c1-5-11-7-10(4)12(6-2)8-9(11)3/h9-11H,5-8H2,1-4H3/t9-,10+,11?/m1/s1. The minimum atomic E-state index is 0.816. The third-order valence-electron chi connectivity index (χ3n) is 3.52. The molecule has 0 aromatic rings. The molecule has 1 aliphatic heterocycles. The van der Waals surface area contributed by atoms with Crippen molar-refractivity contribution in [3.05, 3.63) is 0 Å². The van der Waals surface area contributed by atoms with Crippen LogP contribution in [0.25, 0.3) is 0 Å². The zero-order valence-electron chi connectivity index (χ0n) is 9.01. The maximum atomic E-state index is 2.61. The van der Waals surface area contributed by atoms with Gasteiger partial charge in [-0.3, -0.25) is 0 Å². The van der Waals surface area contributed by atoms with E-state index < -0.39 is 0 Å². The molecule has 1 heterocycles. The summed E-state index contributed by atoms with van der Waals surface area (Å²) in [7, 11) is 0. The SMILES string of the molecule is CCC1C[C@H](C)N(CC)C[C@H]1C. The van der Waals surface area contributed by atoms with Crippen molar-refractivity contribution in [2.45, 2.75) is 46.6 Å². The molecule has 0 radical (unpaired) electrons. The number of hydrogen-bond acceptors (Lipinski definition) is 1. The highest BCUT2D eigenvalue weighted by atomic mass is 15.2. The van der Waals surface area contributed by atoms with Crippen LogP contribution in [0.5, 0.6) is 0 Å². The second-order valence-electron chi connectivity index (χ2n) is 4.32. The summed E-state index contributed by atoms with van der Waals surface area (Å²) in [5.41, 5.74) is 0. The molecule has 1 fully saturated rings. The smallest absolute Gasteiger partial charge is 0.00696 e. The van der Waals surface area contributed by atoms with Gasteiger partial charge in [-0.05, 0) is 31.7 Å². The number of hydrogen-bond donors (Lipinski definition) is 0. The molecule has 0 N–H and O–H groups in total. The summed E-state index contributed by atoms with van der Waals surface area (Å²) in [6, 6.07) is 0.816. The van der Waals surface area contributed by atoms with Crippen molar-refractivity contribution < 1.29 is 0 Å². The summed E-state index contributed by atoms with van der Waals surface area (Å²) in [6.07, 6.45) is 2.77. The minimum Gasteiger partial charge on any atom is -0.301 e. The van der Waals surface area contributed by atoms with Gasteiger partial charge in [0.05, 0.1) is 0 Å². The molecule has 1 heteroatoms. The van der Waals surface area contributed by atoms with Crippen LogP contribution in [-0.4, -0.2) is 24.0 Å². The van der Waals surface area contributed by atoms with Gasteiger partial charge < -0.3 is 4.90 Å². The molecular weight excluding hydrogens is 146 g/mol. The fraction of sp³-hybridized carbons (Fsp3) is 1.00. The zero-order valence-corrected chi connectivity index (χ0v) is 9.01. The van der Waals surface area contributed by atoms with Gasteiger partial charge in [-0.15, -0.1) is 0 Å². The number of piperidine rings is 1. The first-order chi connectivity index (χ1) is 5.69. The van der Waals surface area contributed by atoms with E-state index in [-0.39, 0.29) is 0 Å². The molecule has 0 aromatic heterocycles. The van der Waals surface area contributed by atoms with E-state index in [1.54, 1.807) is 0 Å². The minimum absolute atomic E-state index is 0.816. The summed E-state index contributed by atoms with van der Waals surface area (Å²) in [5.74, 6) is 1.88. The van der Waals surface area contributed by atoms with E-state index in [9.17, 15) is 0 Å². The highest BCUT2D eigenvalue weighted by Crippen LogP contribution is 2.29. The van der Waals surface area contributed by atoms with Crippen molar-refractivity contribution in [2.75, 3.05) is 13.1 Å². The lowest BCUT2D eigenvalue weighted by atomic mass is 9.82. The third-order valence-corrected chi connectivity index (χ3v) is 3.52. The molecule has 1 unspecified atom stereocenters. The maximum Gasteiger partial charge on any atom is 0.00696 e. The molecule has 1 nitrogen and oxygen atoms in total. The molecular formula is C11H23N. The first-order valence-corrected chi connectivity index (χ1v) is 5.43. The molecule has 0 aliphatic carbocycles. The number of rotatable bonds is 2. The van der Waals surface area contributed by atoms with E-state index in [1.807, 2.05) is 0 Å². The van der Waals surface area contributed by atoms with Crippen molar-refractivity contribution in [2.24, 2.45) is 11.8 Å². The Bertz CT molecular complexity index is 117. The fourth-order valence-electron chi connectivity index (χ4n) is 2.53. The second-order valence-corrected chi connectivity index (χ2v) is 4.32. The van der Waals surface area contributed by atoms with Gasteiger partial charge in [-0.1, -0.05) is 27.2 Å². The lowest BCUT2D eigenvalue weighted by Crippen LogP contribution is -2.44. The van der Waals surface area contributed by atoms with Crippen molar-refractivity contribution >= 4 is 0 Å². The molecule has 12 heavy (non-hydrogen) atoms. The molecule has 1 aliphatic rings. The maximum absolute atomic E-state index is 2.61. The van der Waals surface area contributed by atoms with E-state index in [4.69, 9.17) is 0 Å². The Labute approximate surface area is 77.1 Å². The Morgan fingerprint density at radius 3 is 2.42 bits per heavy atom. The van der Waals surface area contributed by atoms with Crippen molar-refractivity contribution in [3.63, 3.8) is 0 Å². The quantitative estimate of drug-likeness (QED) is 0.614. The van der Waals surface area contributed by atoms with E-state index in [2.05, 4.69) is 32.6 Å². The first-order valence-electron chi connectivity index (χ1n) is 5.43.